The Kier molecular flexibility index (Phi) is 5.57. The molecule has 0 spiro atoms. The molecule has 0 saturated carbocycles. The molecule has 1 aromatic heterocycles. The van der Waals surface area contributed by atoms with E-state index in [4.69, 9.17) is 9.47 Å². The van der Waals surface area contributed by atoms with E-state index in [1.807, 2.05) is 0 Å². The van der Waals surface area contributed by atoms with Gasteiger partial charge < -0.3 is 19.4 Å². The minimum absolute atomic E-state index is 0.544. The molecule has 0 atom stereocenters. The fourth-order valence-corrected chi connectivity index (χ4v) is 2.12. The molecular weight excluding hydrogens is 232 g/mol. The second-order valence-corrected chi connectivity index (χ2v) is 4.55. The average Bonchev–Trinajstić information content (AvgIpc) is 2.86. The summed E-state index contributed by atoms with van der Waals surface area (Å²) in [6.07, 6.45) is 4.94. The monoisotopic (exact) mass is 254 g/mol. The minimum Gasteiger partial charge on any atom is -0.385 e. The van der Waals surface area contributed by atoms with Crippen LogP contribution in [0.2, 0.25) is 0 Å². The summed E-state index contributed by atoms with van der Waals surface area (Å²) in [7, 11) is 1.72. The van der Waals surface area contributed by atoms with Crippen LogP contribution in [0.3, 0.4) is 0 Å². The lowest BCUT2D eigenvalue weighted by Gasteiger charge is -2.23. The van der Waals surface area contributed by atoms with Gasteiger partial charge in [-0.05, 0) is 19.3 Å². The van der Waals surface area contributed by atoms with Crippen LogP contribution in [0.15, 0.2) is 6.33 Å². The second kappa shape index (κ2) is 7.45. The van der Waals surface area contributed by atoms with Gasteiger partial charge in [-0.1, -0.05) is 0 Å². The van der Waals surface area contributed by atoms with Crippen molar-refractivity contribution in [2.24, 2.45) is 0 Å². The largest absolute Gasteiger partial charge is 0.385 e. The van der Waals surface area contributed by atoms with E-state index in [9.17, 15) is 0 Å². The first-order valence-corrected chi connectivity index (χ1v) is 6.57. The summed E-state index contributed by atoms with van der Waals surface area (Å²) in [5.74, 6) is 0.998. The van der Waals surface area contributed by atoms with Gasteiger partial charge in [0.05, 0.1) is 6.54 Å². The Labute approximate surface area is 108 Å². The molecule has 0 amide bonds. The molecule has 0 bridgehead atoms. The number of hydrogen-bond acceptors (Lipinski definition) is 5. The van der Waals surface area contributed by atoms with Gasteiger partial charge in [-0.2, -0.15) is 0 Å². The molecule has 1 aliphatic rings. The fraction of sp³-hybridized carbons (Fsp3) is 0.833. The predicted octanol–water partition coefficient (Wildman–Crippen LogP) is 0.583. The minimum atomic E-state index is 0.544. The number of methoxy groups -OCH3 is 1. The molecule has 2 heterocycles. The summed E-state index contributed by atoms with van der Waals surface area (Å²) >= 11 is 0. The van der Waals surface area contributed by atoms with Crippen LogP contribution in [0.4, 0.5) is 0 Å². The Morgan fingerprint density at radius 3 is 3.11 bits per heavy atom. The third-order valence-electron chi connectivity index (χ3n) is 3.21. The first-order chi connectivity index (χ1) is 8.90. The van der Waals surface area contributed by atoms with E-state index in [0.717, 1.165) is 58.0 Å². The smallest absolute Gasteiger partial charge is 0.146 e. The first-order valence-electron chi connectivity index (χ1n) is 6.57. The summed E-state index contributed by atoms with van der Waals surface area (Å²) in [6, 6.07) is 0.544. The molecule has 102 valence electrons. The molecule has 18 heavy (non-hydrogen) atoms. The van der Waals surface area contributed by atoms with Gasteiger partial charge in [-0.15, -0.1) is 10.2 Å². The van der Waals surface area contributed by atoms with E-state index >= 15 is 0 Å². The standard InChI is InChI=1S/C12H22N4O2/c1-17-6-2-5-16-10-14-15-12(16)9-13-11-3-7-18-8-4-11/h10-11,13H,2-9H2,1H3. The van der Waals surface area contributed by atoms with Gasteiger partial charge in [-0.3, -0.25) is 0 Å². The Morgan fingerprint density at radius 2 is 2.33 bits per heavy atom. The Morgan fingerprint density at radius 1 is 1.50 bits per heavy atom. The van der Waals surface area contributed by atoms with Crippen LogP contribution in [0.25, 0.3) is 0 Å². The molecule has 1 fully saturated rings. The highest BCUT2D eigenvalue weighted by Crippen LogP contribution is 2.07. The quantitative estimate of drug-likeness (QED) is 0.721. The van der Waals surface area contributed by atoms with Gasteiger partial charge in [0.1, 0.15) is 12.2 Å². The van der Waals surface area contributed by atoms with Crippen molar-refractivity contribution >= 4 is 0 Å². The van der Waals surface area contributed by atoms with Crippen molar-refractivity contribution < 1.29 is 9.47 Å². The molecule has 1 saturated heterocycles. The lowest BCUT2D eigenvalue weighted by Crippen LogP contribution is -2.35. The molecule has 2 rings (SSSR count). The number of rotatable bonds is 7. The van der Waals surface area contributed by atoms with Crippen molar-refractivity contribution in [3.05, 3.63) is 12.2 Å². The van der Waals surface area contributed by atoms with Crippen LogP contribution in [0, 0.1) is 0 Å². The maximum absolute atomic E-state index is 5.34. The van der Waals surface area contributed by atoms with E-state index in [-0.39, 0.29) is 0 Å². The molecule has 1 N–H and O–H groups in total. The summed E-state index contributed by atoms with van der Waals surface area (Å²) in [4.78, 5) is 0. The SMILES string of the molecule is COCCCn1cnnc1CNC1CCOCC1. The predicted molar refractivity (Wildman–Crippen MR) is 67.2 cm³/mol. The van der Waals surface area contributed by atoms with Gasteiger partial charge in [0.2, 0.25) is 0 Å². The Hall–Kier alpha value is -0.980. The maximum Gasteiger partial charge on any atom is 0.146 e. The van der Waals surface area contributed by atoms with Crippen molar-refractivity contribution in [1.29, 1.82) is 0 Å². The normalized spacial score (nSPS) is 17.2. The Bertz CT molecular complexity index is 337. The second-order valence-electron chi connectivity index (χ2n) is 4.55. The van der Waals surface area contributed by atoms with Gasteiger partial charge in [0.15, 0.2) is 0 Å². The van der Waals surface area contributed by atoms with Gasteiger partial charge in [0.25, 0.3) is 0 Å². The van der Waals surface area contributed by atoms with Crippen LogP contribution in [0.5, 0.6) is 0 Å². The highest BCUT2D eigenvalue weighted by atomic mass is 16.5. The average molecular weight is 254 g/mol. The number of nitrogens with one attached hydrogen (secondary N) is 1. The molecule has 0 unspecified atom stereocenters. The molecule has 6 heteroatoms. The van der Waals surface area contributed by atoms with Crippen molar-refractivity contribution in [2.75, 3.05) is 26.9 Å². The molecule has 0 radical (unpaired) electrons. The van der Waals surface area contributed by atoms with E-state index in [2.05, 4.69) is 20.1 Å². The number of ether oxygens (including phenoxy) is 2. The Balaban J connectivity index is 1.75. The first kappa shape index (κ1) is 13.5. The van der Waals surface area contributed by atoms with Crippen molar-refractivity contribution in [1.82, 2.24) is 20.1 Å². The van der Waals surface area contributed by atoms with Crippen LogP contribution in [-0.4, -0.2) is 47.7 Å². The van der Waals surface area contributed by atoms with Crippen LogP contribution >= 0.6 is 0 Å². The van der Waals surface area contributed by atoms with E-state index in [0.29, 0.717) is 6.04 Å². The molecular formula is C12H22N4O2. The molecule has 1 aliphatic heterocycles. The van der Waals surface area contributed by atoms with Crippen molar-refractivity contribution in [3.8, 4) is 0 Å². The van der Waals surface area contributed by atoms with Crippen molar-refractivity contribution in [2.45, 2.75) is 38.4 Å². The zero-order valence-corrected chi connectivity index (χ0v) is 11.0. The third-order valence-corrected chi connectivity index (χ3v) is 3.21. The van der Waals surface area contributed by atoms with Gasteiger partial charge in [-0.25, -0.2) is 0 Å². The zero-order valence-electron chi connectivity index (χ0n) is 11.0. The van der Waals surface area contributed by atoms with Gasteiger partial charge >= 0.3 is 0 Å². The highest BCUT2D eigenvalue weighted by molar-refractivity contribution is 4.86. The zero-order chi connectivity index (χ0) is 12.6. The molecule has 1 aromatic rings. The summed E-state index contributed by atoms with van der Waals surface area (Å²) in [5, 5.41) is 11.7. The topological polar surface area (TPSA) is 61.2 Å². The summed E-state index contributed by atoms with van der Waals surface area (Å²) in [6.45, 7) is 4.17. The molecule has 0 aliphatic carbocycles. The number of aromatic nitrogens is 3. The lowest BCUT2D eigenvalue weighted by atomic mass is 10.1. The van der Waals surface area contributed by atoms with E-state index in [1.54, 1.807) is 13.4 Å². The third kappa shape index (κ3) is 4.04. The number of hydrogen-bond donors (Lipinski definition) is 1. The van der Waals surface area contributed by atoms with Crippen LogP contribution < -0.4 is 5.32 Å². The number of aryl methyl sites for hydroxylation is 1. The molecule has 0 aromatic carbocycles. The van der Waals surface area contributed by atoms with Gasteiger partial charge in [0, 0.05) is 39.5 Å². The number of nitrogens with zero attached hydrogens (tertiary/aromatic N) is 3. The van der Waals surface area contributed by atoms with Crippen molar-refractivity contribution in [3.63, 3.8) is 0 Å². The lowest BCUT2D eigenvalue weighted by molar-refractivity contribution is 0.0773. The van der Waals surface area contributed by atoms with Crippen LogP contribution in [0.1, 0.15) is 25.1 Å². The summed E-state index contributed by atoms with van der Waals surface area (Å²) < 4.78 is 12.5. The van der Waals surface area contributed by atoms with E-state index in [1.165, 1.54) is 0 Å². The summed E-state index contributed by atoms with van der Waals surface area (Å²) in [5.41, 5.74) is 0. The highest BCUT2D eigenvalue weighted by Gasteiger charge is 2.14. The maximum atomic E-state index is 5.34. The van der Waals surface area contributed by atoms with E-state index < -0.39 is 0 Å². The molecule has 6 nitrogen and oxygen atoms in total. The fourth-order valence-electron chi connectivity index (χ4n) is 2.12. The van der Waals surface area contributed by atoms with Crippen LogP contribution in [-0.2, 0) is 22.6 Å².